The van der Waals surface area contributed by atoms with Crippen molar-refractivity contribution < 1.29 is 19.1 Å². The number of ether oxygens (including phenoxy) is 2. The number of carbonyl (C=O) groups excluding carboxylic acids is 2. The van der Waals surface area contributed by atoms with Crippen molar-refractivity contribution in [3.63, 3.8) is 0 Å². The van der Waals surface area contributed by atoms with Gasteiger partial charge >= 0.3 is 0 Å². The van der Waals surface area contributed by atoms with E-state index < -0.39 is 6.29 Å². The van der Waals surface area contributed by atoms with E-state index in [1.54, 1.807) is 28.8 Å². The van der Waals surface area contributed by atoms with E-state index >= 15 is 0 Å². The van der Waals surface area contributed by atoms with Gasteiger partial charge in [0.1, 0.15) is 0 Å². The smallest absolute Gasteiger partial charge is 0.259 e. The lowest BCUT2D eigenvalue weighted by Gasteiger charge is -2.25. The van der Waals surface area contributed by atoms with Gasteiger partial charge in [0, 0.05) is 29.6 Å². The molecule has 0 atom stereocenters. The zero-order chi connectivity index (χ0) is 24.2. The van der Waals surface area contributed by atoms with Crippen LogP contribution in [0.15, 0.2) is 70.5 Å². The molecule has 7 heteroatoms. The minimum absolute atomic E-state index is 0.0841. The van der Waals surface area contributed by atoms with E-state index in [0.29, 0.717) is 17.7 Å². The summed E-state index contributed by atoms with van der Waals surface area (Å²) in [6.45, 7) is 4.72. The number of hydrogen-bond donors (Lipinski definition) is 1. The van der Waals surface area contributed by atoms with E-state index in [-0.39, 0.29) is 18.4 Å². The van der Waals surface area contributed by atoms with Gasteiger partial charge in [-0.15, -0.1) is 0 Å². The van der Waals surface area contributed by atoms with Crippen molar-refractivity contribution >= 4 is 29.3 Å². The Balaban J connectivity index is 1.74. The van der Waals surface area contributed by atoms with E-state index in [0.717, 1.165) is 32.2 Å². The summed E-state index contributed by atoms with van der Waals surface area (Å²) in [6.07, 6.45) is -0.530. The average Bonchev–Trinajstić information content (AvgIpc) is 2.96. The van der Waals surface area contributed by atoms with E-state index in [9.17, 15) is 9.59 Å². The van der Waals surface area contributed by atoms with Crippen LogP contribution in [-0.4, -0.2) is 38.9 Å². The number of anilines is 1. The molecule has 0 saturated heterocycles. The van der Waals surface area contributed by atoms with Crippen LogP contribution in [0.1, 0.15) is 37.4 Å². The van der Waals surface area contributed by atoms with Crippen molar-refractivity contribution in [2.24, 2.45) is 0 Å². The third-order valence-electron chi connectivity index (χ3n) is 5.88. The Bertz CT molecular complexity index is 1220. The Labute approximate surface area is 204 Å². The summed E-state index contributed by atoms with van der Waals surface area (Å²) in [6, 6.07) is 19.4. The Hall–Kier alpha value is -3.13. The van der Waals surface area contributed by atoms with Crippen molar-refractivity contribution in [1.29, 1.82) is 0 Å². The number of benzene rings is 3. The summed E-state index contributed by atoms with van der Waals surface area (Å²) in [4.78, 5) is 30.2. The average molecular weight is 477 g/mol. The molecule has 0 bridgehead atoms. The summed E-state index contributed by atoms with van der Waals surface area (Å²) >= 11 is 1.54. The minimum Gasteiger partial charge on any atom is -0.354 e. The summed E-state index contributed by atoms with van der Waals surface area (Å²) in [5.74, 6) is -0.341. The number of amides is 2. The van der Waals surface area contributed by atoms with E-state index in [2.05, 4.69) is 23.5 Å². The van der Waals surface area contributed by atoms with E-state index in [1.807, 2.05) is 44.2 Å². The molecule has 3 aromatic carbocycles. The molecule has 1 aliphatic rings. The van der Waals surface area contributed by atoms with Crippen LogP contribution in [0.5, 0.6) is 0 Å². The molecule has 1 heterocycles. The number of carbonyl (C=O) groups is 2. The van der Waals surface area contributed by atoms with Gasteiger partial charge in [-0.2, -0.15) is 0 Å². The van der Waals surface area contributed by atoms with Gasteiger partial charge in [0.25, 0.3) is 11.8 Å². The number of nitrogens with one attached hydrogen (secondary N) is 1. The molecule has 2 amide bonds. The first-order valence-corrected chi connectivity index (χ1v) is 11.9. The fourth-order valence-corrected chi connectivity index (χ4v) is 4.96. The van der Waals surface area contributed by atoms with Gasteiger partial charge in [-0.05, 0) is 55.3 Å². The first kappa shape index (κ1) is 24.0. The number of methoxy groups -OCH3 is 2. The predicted molar refractivity (Wildman–Crippen MR) is 134 cm³/mol. The van der Waals surface area contributed by atoms with Crippen LogP contribution in [-0.2, 0) is 16.0 Å². The molecule has 6 nitrogen and oxygen atoms in total. The highest BCUT2D eigenvalue weighted by atomic mass is 32.2. The van der Waals surface area contributed by atoms with Crippen molar-refractivity contribution in [2.75, 3.05) is 25.7 Å². The summed E-state index contributed by atoms with van der Waals surface area (Å²) in [7, 11) is 3.04. The fourth-order valence-electron chi connectivity index (χ4n) is 3.90. The molecule has 0 aromatic heterocycles. The lowest BCUT2D eigenvalue weighted by atomic mass is 10.0. The molecule has 1 N–H and O–H groups in total. The second-order valence-corrected chi connectivity index (χ2v) is 9.30. The van der Waals surface area contributed by atoms with Gasteiger partial charge in [-0.3, -0.25) is 9.59 Å². The second-order valence-electron chi connectivity index (χ2n) is 8.21. The topological polar surface area (TPSA) is 67.9 Å². The Kier molecular flexibility index (Phi) is 7.36. The highest BCUT2D eigenvalue weighted by Crippen LogP contribution is 2.42. The van der Waals surface area contributed by atoms with Gasteiger partial charge < -0.3 is 19.7 Å². The van der Waals surface area contributed by atoms with Crippen molar-refractivity contribution in [3.05, 3.63) is 88.5 Å². The van der Waals surface area contributed by atoms with Crippen LogP contribution < -0.4 is 10.2 Å². The normalized spacial score (nSPS) is 12.9. The molecule has 176 valence electrons. The molecule has 4 rings (SSSR count). The minimum atomic E-state index is -0.530. The van der Waals surface area contributed by atoms with Crippen LogP contribution in [0.3, 0.4) is 0 Å². The van der Waals surface area contributed by atoms with Gasteiger partial charge in [0.2, 0.25) is 0 Å². The molecule has 0 spiro atoms. The Morgan fingerprint density at radius 2 is 1.76 bits per heavy atom. The first-order valence-electron chi connectivity index (χ1n) is 11.0. The molecule has 0 unspecified atom stereocenters. The number of hydrogen-bond acceptors (Lipinski definition) is 5. The first-order chi connectivity index (χ1) is 16.4. The van der Waals surface area contributed by atoms with Crippen LogP contribution in [0, 0.1) is 13.8 Å². The lowest BCUT2D eigenvalue weighted by molar-refractivity contribution is -0.0974. The lowest BCUT2D eigenvalue weighted by Crippen LogP contribution is -2.34. The second kappa shape index (κ2) is 10.4. The van der Waals surface area contributed by atoms with Crippen LogP contribution in [0.4, 0.5) is 5.69 Å². The molecule has 3 aromatic rings. The largest absolute Gasteiger partial charge is 0.354 e. The molecule has 1 aliphatic heterocycles. The molecular formula is C27H28N2O4S. The number of aryl methyl sites for hydroxylation is 2. The van der Waals surface area contributed by atoms with Crippen LogP contribution in [0.25, 0.3) is 0 Å². The van der Waals surface area contributed by atoms with Crippen molar-refractivity contribution in [1.82, 2.24) is 5.32 Å². The third kappa shape index (κ3) is 5.01. The summed E-state index contributed by atoms with van der Waals surface area (Å²) < 4.78 is 10.3. The maximum absolute atomic E-state index is 13.8. The van der Waals surface area contributed by atoms with Crippen molar-refractivity contribution in [2.45, 2.75) is 36.5 Å². The maximum atomic E-state index is 13.8. The van der Waals surface area contributed by atoms with E-state index in [1.165, 1.54) is 14.2 Å². The van der Waals surface area contributed by atoms with Gasteiger partial charge in [-0.1, -0.05) is 47.7 Å². The molecule has 0 saturated carbocycles. The van der Waals surface area contributed by atoms with Gasteiger partial charge in [-0.25, -0.2) is 0 Å². The monoisotopic (exact) mass is 476 g/mol. The molecule has 0 radical (unpaired) electrons. The van der Waals surface area contributed by atoms with Gasteiger partial charge in [0.05, 0.1) is 24.3 Å². The molecule has 34 heavy (non-hydrogen) atoms. The number of rotatable bonds is 7. The standard InChI is InChI=1S/C27H28N2O4S/c1-17-9-10-18(2)20(13-17)16-29-22-14-19(26(30)28-15-25(32-3)33-4)11-12-24(22)34-23-8-6-5-7-21(23)27(29)31/h5-14,25H,15-16H2,1-4H3,(H,28,30). The number of fused-ring (bicyclic) bond motifs is 2. The summed E-state index contributed by atoms with van der Waals surface area (Å²) in [5.41, 5.74) is 5.16. The molecule has 0 aliphatic carbocycles. The Morgan fingerprint density at radius 3 is 2.53 bits per heavy atom. The van der Waals surface area contributed by atoms with Crippen LogP contribution >= 0.6 is 11.8 Å². The zero-order valence-corrected chi connectivity index (χ0v) is 20.6. The number of nitrogens with zero attached hydrogens (tertiary/aromatic N) is 1. The van der Waals surface area contributed by atoms with Gasteiger partial charge in [0.15, 0.2) is 6.29 Å². The quantitative estimate of drug-likeness (QED) is 0.488. The van der Waals surface area contributed by atoms with Crippen molar-refractivity contribution in [3.8, 4) is 0 Å². The predicted octanol–water partition coefficient (Wildman–Crippen LogP) is 4.96. The molecule has 0 fully saturated rings. The Morgan fingerprint density at radius 1 is 1.00 bits per heavy atom. The highest BCUT2D eigenvalue weighted by molar-refractivity contribution is 7.99. The third-order valence-corrected chi connectivity index (χ3v) is 7.02. The fraction of sp³-hybridized carbons (Fsp3) is 0.259. The maximum Gasteiger partial charge on any atom is 0.259 e. The van der Waals surface area contributed by atoms with Crippen LogP contribution in [0.2, 0.25) is 0 Å². The van der Waals surface area contributed by atoms with E-state index in [4.69, 9.17) is 9.47 Å². The highest BCUT2D eigenvalue weighted by Gasteiger charge is 2.28. The zero-order valence-electron chi connectivity index (χ0n) is 19.8. The summed E-state index contributed by atoms with van der Waals surface area (Å²) in [5, 5.41) is 2.83. The SMILES string of the molecule is COC(CNC(=O)c1ccc2c(c1)N(Cc1cc(C)ccc1C)C(=O)c1ccccc1S2)OC. The molecular weight excluding hydrogens is 448 g/mol.